The highest BCUT2D eigenvalue weighted by molar-refractivity contribution is 5.82. The van der Waals surface area contributed by atoms with Crippen molar-refractivity contribution in [2.45, 2.75) is 78.5 Å². The van der Waals surface area contributed by atoms with Gasteiger partial charge >= 0.3 is 12.1 Å². The Kier molecular flexibility index (Phi) is 7.46. The summed E-state index contributed by atoms with van der Waals surface area (Å²) in [6, 6.07) is -1.19. The molecule has 2 N–H and O–H groups in total. The molecule has 1 fully saturated rings. The highest BCUT2D eigenvalue weighted by Gasteiger charge is 2.46. The number of nitrogens with one attached hydrogen (secondary N) is 1. The number of carbonyl (C=O) groups excluding carboxylic acids is 2. The third kappa shape index (κ3) is 6.26. The third-order valence-corrected chi connectivity index (χ3v) is 4.94. The summed E-state index contributed by atoms with van der Waals surface area (Å²) in [5, 5.41) is 12.4. The molecule has 1 rings (SSSR count). The number of ether oxygens (including phenoxy) is 1. The molecule has 3 atom stereocenters. The summed E-state index contributed by atoms with van der Waals surface area (Å²) in [5.41, 5.74) is -1.22. The minimum atomic E-state index is -1.04. The van der Waals surface area contributed by atoms with Crippen LogP contribution < -0.4 is 5.32 Å². The maximum Gasteiger partial charge on any atom is 0.411 e. The molecule has 7 nitrogen and oxygen atoms in total. The molecule has 0 bridgehead atoms. The van der Waals surface area contributed by atoms with E-state index in [0.29, 0.717) is 25.8 Å². The van der Waals surface area contributed by atoms with Crippen molar-refractivity contribution in [3.8, 4) is 0 Å². The van der Waals surface area contributed by atoms with E-state index in [-0.39, 0.29) is 17.9 Å². The lowest BCUT2D eigenvalue weighted by Gasteiger charge is -2.30. The van der Waals surface area contributed by atoms with Gasteiger partial charge in [-0.25, -0.2) is 9.59 Å². The second-order valence-corrected chi connectivity index (χ2v) is 8.90. The van der Waals surface area contributed by atoms with Crippen LogP contribution in [0.2, 0.25) is 0 Å². The molecule has 0 aromatic carbocycles. The molecule has 0 unspecified atom stereocenters. The van der Waals surface area contributed by atoms with Crippen molar-refractivity contribution in [3.05, 3.63) is 12.7 Å². The average Bonchev–Trinajstić information content (AvgIpc) is 2.82. The molecule has 0 aromatic heterocycles. The fraction of sp³-hybridized carbons (Fsp3) is 0.750. The third-order valence-electron chi connectivity index (χ3n) is 4.94. The average molecular weight is 383 g/mol. The van der Waals surface area contributed by atoms with Crippen LogP contribution in [0, 0.1) is 11.3 Å². The Morgan fingerprint density at radius 1 is 1.26 bits per heavy atom. The van der Waals surface area contributed by atoms with Gasteiger partial charge in [-0.15, -0.1) is 6.58 Å². The van der Waals surface area contributed by atoms with E-state index in [0.717, 1.165) is 0 Å². The predicted octanol–water partition coefficient (Wildman–Crippen LogP) is 3.19. The highest BCUT2D eigenvalue weighted by Crippen LogP contribution is 2.33. The summed E-state index contributed by atoms with van der Waals surface area (Å²) in [6.07, 6.45) is 2.63. The second-order valence-electron chi connectivity index (χ2n) is 8.90. The van der Waals surface area contributed by atoms with Gasteiger partial charge in [-0.1, -0.05) is 19.9 Å². The number of hydrogen-bond acceptors (Lipinski definition) is 4. The molecule has 27 heavy (non-hydrogen) atoms. The number of rotatable bonds is 7. The molecule has 0 spiro atoms. The minimum Gasteiger partial charge on any atom is -0.480 e. The van der Waals surface area contributed by atoms with Gasteiger partial charge in [0.2, 0.25) is 5.91 Å². The van der Waals surface area contributed by atoms with E-state index < -0.39 is 29.1 Å². The van der Waals surface area contributed by atoms with Crippen LogP contribution in [0.15, 0.2) is 12.7 Å². The number of likely N-dealkylation sites (tertiary alicyclic amines) is 1. The van der Waals surface area contributed by atoms with Gasteiger partial charge in [0, 0.05) is 18.0 Å². The number of carboxylic acid groups (broad SMARTS) is 1. The van der Waals surface area contributed by atoms with E-state index in [9.17, 15) is 19.5 Å². The first-order valence-electron chi connectivity index (χ1n) is 9.43. The number of aliphatic carboxylic acids is 1. The second kappa shape index (κ2) is 8.76. The summed E-state index contributed by atoms with van der Waals surface area (Å²) in [6.45, 7) is 14.9. The van der Waals surface area contributed by atoms with E-state index in [1.54, 1.807) is 26.8 Å². The first-order valence-corrected chi connectivity index (χ1v) is 9.43. The fourth-order valence-corrected chi connectivity index (χ4v) is 3.36. The van der Waals surface area contributed by atoms with Crippen molar-refractivity contribution in [3.63, 3.8) is 0 Å². The molecule has 0 saturated carbocycles. The normalized spacial score (nSPS) is 23.0. The van der Waals surface area contributed by atoms with Gasteiger partial charge in [-0.05, 0) is 52.9 Å². The number of nitrogens with zero attached hydrogens (tertiary/aromatic N) is 1. The molecular formula is C20H34N2O5. The number of allylic oxidation sites excluding steroid dienone is 1. The first-order chi connectivity index (χ1) is 12.3. The molecule has 0 aliphatic carbocycles. The van der Waals surface area contributed by atoms with Gasteiger partial charge in [-0.2, -0.15) is 0 Å². The molecule has 0 aromatic rings. The Balaban J connectivity index is 2.72. The van der Waals surface area contributed by atoms with Gasteiger partial charge < -0.3 is 15.2 Å². The van der Waals surface area contributed by atoms with Crippen LogP contribution >= 0.6 is 0 Å². The van der Waals surface area contributed by atoms with Crippen molar-refractivity contribution >= 4 is 18.0 Å². The van der Waals surface area contributed by atoms with Crippen LogP contribution in [-0.2, 0) is 14.3 Å². The minimum absolute atomic E-state index is 0.0264. The van der Waals surface area contributed by atoms with Crippen molar-refractivity contribution in [2.75, 3.05) is 6.54 Å². The molecule has 2 amide bonds. The van der Waals surface area contributed by atoms with Gasteiger partial charge in [-0.3, -0.25) is 9.69 Å². The van der Waals surface area contributed by atoms with Crippen LogP contribution in [0.4, 0.5) is 4.79 Å². The summed E-state index contributed by atoms with van der Waals surface area (Å²) in [4.78, 5) is 37.7. The Labute approximate surface area is 162 Å². The molecule has 7 heteroatoms. The van der Waals surface area contributed by atoms with E-state index in [1.165, 1.54) is 4.90 Å². The van der Waals surface area contributed by atoms with E-state index in [2.05, 4.69) is 11.9 Å². The van der Waals surface area contributed by atoms with Crippen molar-refractivity contribution in [1.82, 2.24) is 10.2 Å². The number of carboxylic acids is 1. The summed E-state index contributed by atoms with van der Waals surface area (Å²) >= 11 is 0. The lowest BCUT2D eigenvalue weighted by Crippen LogP contribution is -2.47. The quantitative estimate of drug-likeness (QED) is 0.659. The monoisotopic (exact) mass is 382 g/mol. The van der Waals surface area contributed by atoms with Crippen LogP contribution in [0.3, 0.4) is 0 Å². The lowest BCUT2D eigenvalue weighted by molar-refractivity contribution is -0.142. The van der Waals surface area contributed by atoms with Crippen molar-refractivity contribution < 1.29 is 24.2 Å². The summed E-state index contributed by atoms with van der Waals surface area (Å²) in [5.74, 6) is -1.13. The van der Waals surface area contributed by atoms with Crippen LogP contribution in [0.5, 0.6) is 0 Å². The van der Waals surface area contributed by atoms with E-state index in [4.69, 9.17) is 4.74 Å². The van der Waals surface area contributed by atoms with Gasteiger partial charge in [0.25, 0.3) is 0 Å². The van der Waals surface area contributed by atoms with Crippen LogP contribution in [0.25, 0.3) is 0 Å². The molecule has 0 radical (unpaired) electrons. The van der Waals surface area contributed by atoms with E-state index >= 15 is 0 Å². The topological polar surface area (TPSA) is 95.9 Å². The Bertz CT molecular complexity index is 579. The Hall–Kier alpha value is -2.05. The standard InChI is InChI=1S/C20H34N2O5/c1-8-10-20(6,7)17(25)21-11-9-14-12-15(16(23)24)22(13(14)2)18(26)27-19(3,4)5/h8,13-15H,1,9-12H2,2-7H3,(H,21,25)(H,23,24)/t13-,14+,15+/m1/s1. The van der Waals surface area contributed by atoms with Crippen molar-refractivity contribution in [2.24, 2.45) is 11.3 Å². The first kappa shape index (κ1) is 23.0. The molecule has 1 heterocycles. The molecular weight excluding hydrogens is 348 g/mol. The van der Waals surface area contributed by atoms with Crippen LogP contribution in [0.1, 0.15) is 60.8 Å². The highest BCUT2D eigenvalue weighted by atomic mass is 16.6. The molecule has 1 saturated heterocycles. The van der Waals surface area contributed by atoms with E-state index in [1.807, 2.05) is 20.8 Å². The van der Waals surface area contributed by atoms with Gasteiger partial charge in [0.05, 0.1) is 0 Å². The molecule has 1 aliphatic rings. The smallest absolute Gasteiger partial charge is 0.411 e. The fourth-order valence-electron chi connectivity index (χ4n) is 3.36. The Morgan fingerprint density at radius 2 is 1.85 bits per heavy atom. The number of carbonyl (C=O) groups is 3. The zero-order chi connectivity index (χ0) is 21.0. The lowest BCUT2D eigenvalue weighted by atomic mass is 9.88. The predicted molar refractivity (Wildman–Crippen MR) is 103 cm³/mol. The van der Waals surface area contributed by atoms with Gasteiger partial charge in [0.1, 0.15) is 11.6 Å². The molecule has 1 aliphatic heterocycles. The maximum atomic E-state index is 12.5. The van der Waals surface area contributed by atoms with Crippen molar-refractivity contribution in [1.29, 1.82) is 0 Å². The largest absolute Gasteiger partial charge is 0.480 e. The number of hydrogen-bond donors (Lipinski definition) is 2. The summed E-state index contributed by atoms with van der Waals surface area (Å²) < 4.78 is 5.38. The Morgan fingerprint density at radius 3 is 2.33 bits per heavy atom. The maximum absolute atomic E-state index is 12.5. The SMILES string of the molecule is C=CCC(C)(C)C(=O)NCC[C@H]1C[C@@H](C(=O)O)N(C(=O)OC(C)(C)C)[C@@H]1C. The number of amides is 2. The zero-order valence-electron chi connectivity index (χ0n) is 17.4. The van der Waals surface area contributed by atoms with Crippen LogP contribution in [-0.4, -0.2) is 52.2 Å². The van der Waals surface area contributed by atoms with Gasteiger partial charge in [0.15, 0.2) is 0 Å². The summed E-state index contributed by atoms with van der Waals surface area (Å²) in [7, 11) is 0. The molecule has 154 valence electrons. The zero-order valence-corrected chi connectivity index (χ0v) is 17.4.